The molecule has 0 aromatic heterocycles. The van der Waals surface area contributed by atoms with Crippen molar-refractivity contribution in [2.45, 2.75) is 6.10 Å². The molecule has 3 heteroatoms. The summed E-state index contributed by atoms with van der Waals surface area (Å²) in [5.41, 5.74) is 0. The fraction of sp³-hybridized carbons (Fsp3) is 0.333. The van der Waals surface area contributed by atoms with Crippen LogP contribution in [0.25, 0.3) is 0 Å². The van der Waals surface area contributed by atoms with Crippen LogP contribution < -0.4 is 4.74 Å². The first kappa shape index (κ1) is 7.90. The summed E-state index contributed by atoms with van der Waals surface area (Å²) in [6, 6.07) is 7.32. The minimum Gasteiger partial charge on any atom is -0.491 e. The van der Waals surface area contributed by atoms with Crippen LogP contribution in [0.3, 0.4) is 0 Å². The molecular weight excluding hydrogens is 176 g/mol. The van der Waals surface area contributed by atoms with E-state index in [9.17, 15) is 0 Å². The highest BCUT2D eigenvalue weighted by Gasteiger charge is 2.22. The summed E-state index contributed by atoms with van der Waals surface area (Å²) in [4.78, 5) is 0. The van der Waals surface area contributed by atoms with Gasteiger partial charge in [0, 0.05) is 5.02 Å². The molecular formula is C9H9ClO2. The van der Waals surface area contributed by atoms with Crippen LogP contribution in [0.4, 0.5) is 0 Å². The molecule has 0 amide bonds. The average Bonchev–Trinajstić information content (AvgIpc) is 2.87. The second kappa shape index (κ2) is 3.33. The molecule has 0 saturated carbocycles. The Bertz CT molecular complexity index is 254. The molecule has 2 nitrogen and oxygen atoms in total. The Kier molecular flexibility index (Phi) is 2.19. The van der Waals surface area contributed by atoms with E-state index in [-0.39, 0.29) is 0 Å². The van der Waals surface area contributed by atoms with E-state index in [4.69, 9.17) is 21.1 Å². The lowest BCUT2D eigenvalue weighted by Gasteiger charge is -2.02. The van der Waals surface area contributed by atoms with Gasteiger partial charge in [0.1, 0.15) is 18.5 Å². The SMILES string of the molecule is Clc1ccc(OC[C@@H]2CO2)cc1. The van der Waals surface area contributed by atoms with Crippen molar-refractivity contribution in [1.29, 1.82) is 0 Å². The lowest BCUT2D eigenvalue weighted by molar-refractivity contribution is 0.263. The van der Waals surface area contributed by atoms with Gasteiger partial charge in [0.25, 0.3) is 0 Å². The van der Waals surface area contributed by atoms with Crippen LogP contribution >= 0.6 is 11.6 Å². The predicted octanol–water partition coefficient (Wildman–Crippen LogP) is 2.12. The molecule has 0 radical (unpaired) electrons. The van der Waals surface area contributed by atoms with Gasteiger partial charge in [0.2, 0.25) is 0 Å². The third-order valence-corrected chi connectivity index (χ3v) is 1.90. The molecule has 0 aliphatic carbocycles. The van der Waals surface area contributed by atoms with Gasteiger partial charge >= 0.3 is 0 Å². The van der Waals surface area contributed by atoms with E-state index in [2.05, 4.69) is 0 Å². The van der Waals surface area contributed by atoms with E-state index in [1.807, 2.05) is 24.3 Å². The van der Waals surface area contributed by atoms with Gasteiger partial charge in [0.05, 0.1) is 6.61 Å². The third-order valence-electron chi connectivity index (χ3n) is 1.65. The summed E-state index contributed by atoms with van der Waals surface area (Å²) in [5.74, 6) is 0.843. The van der Waals surface area contributed by atoms with E-state index < -0.39 is 0 Å². The first-order valence-corrected chi connectivity index (χ1v) is 4.22. The van der Waals surface area contributed by atoms with E-state index in [1.165, 1.54) is 0 Å². The van der Waals surface area contributed by atoms with Crippen LogP contribution in [0, 0.1) is 0 Å². The molecule has 1 aliphatic heterocycles. The number of benzene rings is 1. The summed E-state index contributed by atoms with van der Waals surface area (Å²) < 4.78 is 10.4. The van der Waals surface area contributed by atoms with Crippen LogP contribution in [0.15, 0.2) is 24.3 Å². The van der Waals surface area contributed by atoms with Crippen LogP contribution in [-0.2, 0) is 4.74 Å². The summed E-state index contributed by atoms with van der Waals surface area (Å²) in [6.07, 6.45) is 0.306. The normalized spacial score (nSPS) is 20.6. The number of halogens is 1. The zero-order valence-corrected chi connectivity index (χ0v) is 7.25. The highest BCUT2D eigenvalue weighted by atomic mass is 35.5. The number of rotatable bonds is 3. The van der Waals surface area contributed by atoms with E-state index >= 15 is 0 Å². The van der Waals surface area contributed by atoms with Gasteiger partial charge in [-0.2, -0.15) is 0 Å². The summed E-state index contributed by atoms with van der Waals surface area (Å²) in [5, 5.41) is 0.727. The van der Waals surface area contributed by atoms with Crippen molar-refractivity contribution in [2.24, 2.45) is 0 Å². The molecule has 12 heavy (non-hydrogen) atoms. The monoisotopic (exact) mass is 184 g/mol. The van der Waals surface area contributed by atoms with Gasteiger partial charge in [-0.25, -0.2) is 0 Å². The van der Waals surface area contributed by atoms with Crippen molar-refractivity contribution in [3.05, 3.63) is 29.3 Å². The van der Waals surface area contributed by atoms with Crippen molar-refractivity contribution in [3.63, 3.8) is 0 Å². The Morgan fingerprint density at radius 1 is 1.42 bits per heavy atom. The molecule has 1 heterocycles. The van der Waals surface area contributed by atoms with Crippen LogP contribution in [-0.4, -0.2) is 19.3 Å². The zero-order valence-electron chi connectivity index (χ0n) is 6.50. The molecule has 1 aromatic rings. The van der Waals surface area contributed by atoms with Gasteiger partial charge in [-0.05, 0) is 24.3 Å². The highest BCUT2D eigenvalue weighted by Crippen LogP contribution is 2.17. The maximum atomic E-state index is 5.71. The fourth-order valence-electron chi connectivity index (χ4n) is 0.884. The maximum absolute atomic E-state index is 5.71. The highest BCUT2D eigenvalue weighted by molar-refractivity contribution is 6.30. The zero-order chi connectivity index (χ0) is 8.39. The van der Waals surface area contributed by atoms with E-state index in [0.717, 1.165) is 17.4 Å². The van der Waals surface area contributed by atoms with Crippen molar-refractivity contribution < 1.29 is 9.47 Å². The number of hydrogen-bond acceptors (Lipinski definition) is 2. The molecule has 0 unspecified atom stereocenters. The van der Waals surface area contributed by atoms with Crippen molar-refractivity contribution in [1.82, 2.24) is 0 Å². The molecule has 1 atom stereocenters. The Morgan fingerprint density at radius 3 is 2.67 bits per heavy atom. The van der Waals surface area contributed by atoms with Crippen LogP contribution in [0.1, 0.15) is 0 Å². The molecule has 1 saturated heterocycles. The molecule has 0 bridgehead atoms. The minimum atomic E-state index is 0.306. The smallest absolute Gasteiger partial charge is 0.119 e. The molecule has 2 rings (SSSR count). The number of hydrogen-bond donors (Lipinski definition) is 0. The summed E-state index contributed by atoms with van der Waals surface area (Å²) in [7, 11) is 0. The van der Waals surface area contributed by atoms with Crippen molar-refractivity contribution >= 4 is 11.6 Å². The second-order valence-electron chi connectivity index (χ2n) is 2.72. The molecule has 1 fully saturated rings. The Hall–Kier alpha value is -0.730. The molecule has 1 aliphatic rings. The number of ether oxygens (including phenoxy) is 2. The van der Waals surface area contributed by atoms with Gasteiger partial charge < -0.3 is 9.47 Å². The lowest BCUT2D eigenvalue weighted by Crippen LogP contribution is -2.03. The minimum absolute atomic E-state index is 0.306. The topological polar surface area (TPSA) is 21.8 Å². The largest absolute Gasteiger partial charge is 0.491 e. The standard InChI is InChI=1S/C9H9ClO2/c10-7-1-3-8(4-2-7)11-5-9-6-12-9/h1-4,9H,5-6H2/t9-/m1/s1. The Morgan fingerprint density at radius 2 is 2.08 bits per heavy atom. The maximum Gasteiger partial charge on any atom is 0.119 e. The Labute approximate surface area is 76.1 Å². The van der Waals surface area contributed by atoms with Gasteiger partial charge in [-0.3, -0.25) is 0 Å². The third kappa shape index (κ3) is 2.13. The lowest BCUT2D eigenvalue weighted by atomic mass is 10.3. The number of epoxide rings is 1. The van der Waals surface area contributed by atoms with Crippen molar-refractivity contribution in [3.8, 4) is 5.75 Å². The molecule has 1 aromatic carbocycles. The Balaban J connectivity index is 1.89. The second-order valence-corrected chi connectivity index (χ2v) is 3.16. The predicted molar refractivity (Wildman–Crippen MR) is 46.7 cm³/mol. The van der Waals surface area contributed by atoms with Gasteiger partial charge in [-0.1, -0.05) is 11.6 Å². The van der Waals surface area contributed by atoms with Crippen LogP contribution in [0.5, 0.6) is 5.75 Å². The molecule has 64 valence electrons. The fourth-order valence-corrected chi connectivity index (χ4v) is 1.01. The van der Waals surface area contributed by atoms with Gasteiger partial charge in [-0.15, -0.1) is 0 Å². The molecule has 0 spiro atoms. The summed E-state index contributed by atoms with van der Waals surface area (Å²) >= 11 is 5.71. The summed E-state index contributed by atoms with van der Waals surface area (Å²) in [6.45, 7) is 1.47. The van der Waals surface area contributed by atoms with Gasteiger partial charge in [0.15, 0.2) is 0 Å². The van der Waals surface area contributed by atoms with E-state index in [0.29, 0.717) is 12.7 Å². The van der Waals surface area contributed by atoms with Crippen molar-refractivity contribution in [2.75, 3.05) is 13.2 Å². The first-order chi connectivity index (χ1) is 5.84. The first-order valence-electron chi connectivity index (χ1n) is 3.84. The molecule has 0 N–H and O–H groups in total. The average molecular weight is 185 g/mol. The van der Waals surface area contributed by atoms with E-state index in [1.54, 1.807) is 0 Å². The quantitative estimate of drug-likeness (QED) is 0.672. The van der Waals surface area contributed by atoms with Crippen LogP contribution in [0.2, 0.25) is 5.02 Å².